The number of nitrogens with zero attached hydrogens (tertiary/aromatic N) is 1. The molecule has 0 atom stereocenters. The Labute approximate surface area is 87.3 Å². The van der Waals surface area contributed by atoms with Gasteiger partial charge in [0.15, 0.2) is 0 Å². The fraction of sp³-hybridized carbons (Fsp3) is 1.00. The average Bonchev–Trinajstić information content (AvgIpc) is 3.02. The van der Waals surface area contributed by atoms with E-state index in [0.29, 0.717) is 6.61 Å². The van der Waals surface area contributed by atoms with Crippen LogP contribution in [0.3, 0.4) is 0 Å². The Morgan fingerprint density at radius 2 is 1.71 bits per heavy atom. The molecule has 0 saturated heterocycles. The van der Waals surface area contributed by atoms with E-state index >= 15 is 0 Å². The molecule has 0 aromatic heterocycles. The summed E-state index contributed by atoms with van der Waals surface area (Å²) in [6.45, 7) is 2.50. The van der Waals surface area contributed by atoms with Gasteiger partial charge in [0.25, 0.3) is 0 Å². The number of aliphatic hydroxyl groups is 1. The Morgan fingerprint density at radius 3 is 2.29 bits per heavy atom. The zero-order valence-electron chi connectivity index (χ0n) is 9.12. The average molecular weight is 197 g/mol. The first-order chi connectivity index (χ1) is 6.90. The summed E-state index contributed by atoms with van der Waals surface area (Å²) in [7, 11) is 0. The minimum Gasteiger partial charge on any atom is -0.395 e. The predicted molar refractivity (Wildman–Crippen MR) is 58.3 cm³/mol. The van der Waals surface area contributed by atoms with Crippen LogP contribution in [0.1, 0.15) is 44.9 Å². The Balaban J connectivity index is 1.73. The Kier molecular flexibility index (Phi) is 3.82. The maximum absolute atomic E-state index is 9.00. The Bertz CT molecular complexity index is 162. The van der Waals surface area contributed by atoms with E-state index in [9.17, 15) is 0 Å². The molecule has 0 bridgehead atoms. The largest absolute Gasteiger partial charge is 0.395 e. The molecular formula is C12H23NO. The fourth-order valence-corrected chi connectivity index (χ4v) is 2.69. The molecule has 0 aromatic carbocycles. The molecule has 0 unspecified atom stereocenters. The van der Waals surface area contributed by atoms with Crippen LogP contribution in [0, 0.1) is 5.92 Å². The lowest BCUT2D eigenvalue weighted by atomic mass is 9.89. The van der Waals surface area contributed by atoms with E-state index in [1.807, 2.05) is 0 Å². The van der Waals surface area contributed by atoms with Crippen molar-refractivity contribution < 1.29 is 5.11 Å². The zero-order valence-corrected chi connectivity index (χ0v) is 9.12. The van der Waals surface area contributed by atoms with Crippen molar-refractivity contribution in [3.63, 3.8) is 0 Å². The van der Waals surface area contributed by atoms with Crippen LogP contribution in [-0.2, 0) is 0 Å². The summed E-state index contributed by atoms with van der Waals surface area (Å²) in [4.78, 5) is 2.52. The second-order valence-corrected chi connectivity index (χ2v) is 4.95. The van der Waals surface area contributed by atoms with E-state index in [2.05, 4.69) is 4.90 Å². The molecule has 0 amide bonds. The normalized spacial score (nSPS) is 24.4. The molecule has 14 heavy (non-hydrogen) atoms. The predicted octanol–water partition coefficient (Wildman–Crippen LogP) is 2.02. The summed E-state index contributed by atoms with van der Waals surface area (Å²) in [5.74, 6) is 0.927. The van der Waals surface area contributed by atoms with Gasteiger partial charge < -0.3 is 5.11 Å². The van der Waals surface area contributed by atoms with Gasteiger partial charge in [-0.15, -0.1) is 0 Å². The van der Waals surface area contributed by atoms with Gasteiger partial charge in [0.1, 0.15) is 0 Å². The minimum atomic E-state index is 0.337. The molecule has 2 rings (SSSR count). The lowest BCUT2D eigenvalue weighted by Gasteiger charge is -2.29. The number of hydrogen-bond donors (Lipinski definition) is 1. The Morgan fingerprint density at radius 1 is 1.00 bits per heavy atom. The van der Waals surface area contributed by atoms with Crippen LogP contribution in [0.15, 0.2) is 0 Å². The molecule has 2 saturated carbocycles. The SMILES string of the molecule is OCCN(CC1CCCCC1)C1CC1. The van der Waals surface area contributed by atoms with Gasteiger partial charge in [0, 0.05) is 19.1 Å². The minimum absolute atomic E-state index is 0.337. The van der Waals surface area contributed by atoms with Crippen molar-refractivity contribution in [2.24, 2.45) is 5.92 Å². The summed E-state index contributed by atoms with van der Waals surface area (Å²) in [6, 6.07) is 0.823. The van der Waals surface area contributed by atoms with Crippen molar-refractivity contribution in [1.82, 2.24) is 4.90 Å². The van der Waals surface area contributed by atoms with Crippen LogP contribution in [0.4, 0.5) is 0 Å². The third-order valence-electron chi connectivity index (χ3n) is 3.67. The molecule has 1 N–H and O–H groups in total. The topological polar surface area (TPSA) is 23.5 Å². The van der Waals surface area contributed by atoms with Crippen molar-refractivity contribution in [2.75, 3.05) is 19.7 Å². The van der Waals surface area contributed by atoms with Crippen molar-refractivity contribution in [3.05, 3.63) is 0 Å². The van der Waals surface area contributed by atoms with Gasteiger partial charge in [0.2, 0.25) is 0 Å². The third-order valence-corrected chi connectivity index (χ3v) is 3.67. The molecule has 0 heterocycles. The fourth-order valence-electron chi connectivity index (χ4n) is 2.69. The molecule has 2 fully saturated rings. The lowest BCUT2D eigenvalue weighted by molar-refractivity contribution is 0.154. The second kappa shape index (κ2) is 5.13. The molecule has 2 nitrogen and oxygen atoms in total. The van der Waals surface area contributed by atoms with Crippen molar-refractivity contribution in [3.8, 4) is 0 Å². The number of hydrogen-bond acceptors (Lipinski definition) is 2. The highest BCUT2D eigenvalue weighted by Crippen LogP contribution is 2.30. The van der Waals surface area contributed by atoms with Crippen LogP contribution in [0.5, 0.6) is 0 Å². The van der Waals surface area contributed by atoms with Crippen LogP contribution in [-0.4, -0.2) is 35.7 Å². The first-order valence-corrected chi connectivity index (χ1v) is 6.25. The van der Waals surface area contributed by atoms with Crippen molar-refractivity contribution in [1.29, 1.82) is 0 Å². The molecular weight excluding hydrogens is 174 g/mol. The zero-order chi connectivity index (χ0) is 9.80. The van der Waals surface area contributed by atoms with Gasteiger partial charge in [-0.25, -0.2) is 0 Å². The van der Waals surface area contributed by atoms with Gasteiger partial charge >= 0.3 is 0 Å². The van der Waals surface area contributed by atoms with E-state index < -0.39 is 0 Å². The standard InChI is InChI=1S/C12H23NO/c14-9-8-13(12-6-7-12)10-11-4-2-1-3-5-11/h11-12,14H,1-10H2. The molecule has 0 radical (unpaired) electrons. The number of aliphatic hydroxyl groups excluding tert-OH is 1. The quantitative estimate of drug-likeness (QED) is 0.729. The molecule has 2 heteroatoms. The molecule has 0 aromatic rings. The lowest BCUT2D eigenvalue weighted by Crippen LogP contribution is -2.34. The summed E-state index contributed by atoms with van der Waals surface area (Å²) >= 11 is 0. The summed E-state index contributed by atoms with van der Waals surface area (Å²) in [5, 5.41) is 9.00. The maximum Gasteiger partial charge on any atom is 0.0558 e. The van der Waals surface area contributed by atoms with E-state index in [1.54, 1.807) is 0 Å². The summed E-state index contributed by atoms with van der Waals surface area (Å²) in [6.07, 6.45) is 9.90. The summed E-state index contributed by atoms with van der Waals surface area (Å²) < 4.78 is 0. The van der Waals surface area contributed by atoms with Crippen LogP contribution in [0.25, 0.3) is 0 Å². The smallest absolute Gasteiger partial charge is 0.0558 e. The van der Waals surface area contributed by atoms with E-state index in [1.165, 1.54) is 51.5 Å². The highest BCUT2D eigenvalue weighted by molar-refractivity contribution is 4.86. The van der Waals surface area contributed by atoms with Crippen LogP contribution >= 0.6 is 0 Å². The van der Waals surface area contributed by atoms with Crippen LogP contribution in [0.2, 0.25) is 0 Å². The van der Waals surface area contributed by atoms with Gasteiger partial charge in [-0.3, -0.25) is 4.90 Å². The first-order valence-electron chi connectivity index (χ1n) is 6.25. The first kappa shape index (κ1) is 10.4. The Hall–Kier alpha value is -0.0800. The van der Waals surface area contributed by atoms with E-state index in [-0.39, 0.29) is 0 Å². The molecule has 2 aliphatic carbocycles. The van der Waals surface area contributed by atoms with Gasteiger partial charge in [-0.05, 0) is 31.6 Å². The van der Waals surface area contributed by atoms with E-state index in [4.69, 9.17) is 5.11 Å². The van der Waals surface area contributed by atoms with E-state index in [0.717, 1.165) is 18.5 Å². The van der Waals surface area contributed by atoms with Crippen molar-refractivity contribution >= 4 is 0 Å². The van der Waals surface area contributed by atoms with Gasteiger partial charge in [0.05, 0.1) is 6.61 Å². The molecule has 2 aliphatic rings. The molecule has 0 aliphatic heterocycles. The van der Waals surface area contributed by atoms with Gasteiger partial charge in [-0.1, -0.05) is 19.3 Å². The highest BCUT2D eigenvalue weighted by Gasteiger charge is 2.30. The summed E-state index contributed by atoms with van der Waals surface area (Å²) in [5.41, 5.74) is 0. The number of rotatable bonds is 5. The third kappa shape index (κ3) is 2.96. The molecule has 82 valence electrons. The maximum atomic E-state index is 9.00. The molecule has 0 spiro atoms. The van der Waals surface area contributed by atoms with Gasteiger partial charge in [-0.2, -0.15) is 0 Å². The van der Waals surface area contributed by atoms with Crippen LogP contribution < -0.4 is 0 Å². The monoisotopic (exact) mass is 197 g/mol. The second-order valence-electron chi connectivity index (χ2n) is 4.95. The highest BCUT2D eigenvalue weighted by atomic mass is 16.3. The van der Waals surface area contributed by atoms with Crippen molar-refractivity contribution in [2.45, 2.75) is 51.0 Å².